The third-order valence-electron chi connectivity index (χ3n) is 6.97. The first kappa shape index (κ1) is 26.9. The first-order valence-electron chi connectivity index (χ1n) is 13.3. The van der Waals surface area contributed by atoms with Crippen molar-refractivity contribution in [3.8, 4) is 11.1 Å². The maximum absolute atomic E-state index is 13.3. The second kappa shape index (κ2) is 12.0. The lowest BCUT2D eigenvalue weighted by molar-refractivity contribution is 0.0695. The van der Waals surface area contributed by atoms with Gasteiger partial charge in [0, 0.05) is 49.7 Å². The zero-order chi connectivity index (χ0) is 28.1. The molecule has 1 fully saturated rings. The maximum Gasteiger partial charge on any atom is 0.343 e. The average Bonchev–Trinajstić information content (AvgIpc) is 3.49. The number of anilines is 2. The zero-order valence-electron chi connectivity index (χ0n) is 22.1. The van der Waals surface area contributed by atoms with Crippen LogP contribution in [-0.2, 0) is 17.8 Å². The number of aromatic carboxylic acids is 1. The van der Waals surface area contributed by atoms with Gasteiger partial charge in [0.05, 0.1) is 11.6 Å². The van der Waals surface area contributed by atoms with Crippen LogP contribution in [0.4, 0.5) is 16.3 Å². The standard InChI is InChI=1S/C30H31N5O5/c1-2-35-25-15-21(20-7-10-22(11-8-20)34-30(39)33-17-19-5-3-13-31-16-19)9-12-24(25)27(36)26(29(37)38)28(35)32-18-23-6-4-14-40-23/h3,5,7-13,15-16,23,32H,2,4,6,14,17-18H2,1H3,(H,37,38)(H2,33,34,39). The van der Waals surface area contributed by atoms with Crippen LogP contribution in [0.1, 0.15) is 35.7 Å². The van der Waals surface area contributed by atoms with Gasteiger partial charge in [0.1, 0.15) is 11.4 Å². The molecule has 4 N–H and O–H groups in total. The number of rotatable bonds is 9. The first-order valence-corrected chi connectivity index (χ1v) is 13.3. The zero-order valence-corrected chi connectivity index (χ0v) is 22.1. The monoisotopic (exact) mass is 541 g/mol. The van der Waals surface area contributed by atoms with E-state index in [1.54, 1.807) is 36.7 Å². The number of pyridine rings is 2. The highest BCUT2D eigenvalue weighted by molar-refractivity contribution is 5.99. The molecule has 40 heavy (non-hydrogen) atoms. The smallest absolute Gasteiger partial charge is 0.343 e. The van der Waals surface area contributed by atoms with Crippen LogP contribution in [0, 0.1) is 0 Å². The minimum absolute atomic E-state index is 0.0198. The molecular formula is C30H31N5O5. The molecule has 0 saturated carbocycles. The number of carboxylic acid groups (broad SMARTS) is 1. The Bertz CT molecular complexity index is 1580. The molecule has 1 unspecified atom stereocenters. The SMILES string of the molecule is CCn1c(NCC2CCCO2)c(C(=O)O)c(=O)c2ccc(-c3ccc(NC(=O)NCc4cccnc4)cc3)cc21. The molecule has 1 aliphatic heterocycles. The third kappa shape index (κ3) is 5.81. The highest BCUT2D eigenvalue weighted by Gasteiger charge is 2.24. The fraction of sp³-hybridized carbons (Fsp3) is 0.267. The molecule has 2 amide bonds. The Hall–Kier alpha value is -4.70. The lowest BCUT2D eigenvalue weighted by Crippen LogP contribution is -2.28. The van der Waals surface area contributed by atoms with Gasteiger partial charge >= 0.3 is 12.0 Å². The number of nitrogens with one attached hydrogen (secondary N) is 3. The van der Waals surface area contributed by atoms with Crippen LogP contribution in [0.2, 0.25) is 0 Å². The summed E-state index contributed by atoms with van der Waals surface area (Å²) >= 11 is 0. The molecule has 0 spiro atoms. The Morgan fingerprint density at radius 3 is 2.60 bits per heavy atom. The molecule has 2 aromatic carbocycles. The number of urea groups is 1. The van der Waals surface area contributed by atoms with Crippen molar-refractivity contribution in [1.82, 2.24) is 14.9 Å². The number of fused-ring (bicyclic) bond motifs is 1. The summed E-state index contributed by atoms with van der Waals surface area (Å²) < 4.78 is 7.52. The molecule has 10 nitrogen and oxygen atoms in total. The number of carbonyl (C=O) groups excluding carboxylic acids is 1. The lowest BCUT2D eigenvalue weighted by atomic mass is 10.0. The van der Waals surface area contributed by atoms with Crippen LogP contribution in [0.5, 0.6) is 0 Å². The summed E-state index contributed by atoms with van der Waals surface area (Å²) in [6, 6.07) is 16.1. The molecule has 1 aliphatic rings. The van der Waals surface area contributed by atoms with Gasteiger partial charge in [-0.3, -0.25) is 9.78 Å². The minimum Gasteiger partial charge on any atom is -0.477 e. The summed E-state index contributed by atoms with van der Waals surface area (Å²) in [5, 5.41) is 19.1. The Morgan fingerprint density at radius 1 is 1.12 bits per heavy atom. The summed E-state index contributed by atoms with van der Waals surface area (Å²) in [6.07, 6.45) is 5.21. The number of aromatic nitrogens is 2. The first-order chi connectivity index (χ1) is 19.4. The lowest BCUT2D eigenvalue weighted by Gasteiger charge is -2.21. The van der Waals surface area contributed by atoms with E-state index in [-0.39, 0.29) is 23.5 Å². The summed E-state index contributed by atoms with van der Waals surface area (Å²) in [4.78, 5) is 41.8. The van der Waals surface area contributed by atoms with Crippen molar-refractivity contribution in [1.29, 1.82) is 0 Å². The Kier molecular flexibility index (Phi) is 8.07. The van der Waals surface area contributed by atoms with Crippen LogP contribution in [0.25, 0.3) is 22.0 Å². The number of aryl methyl sites for hydroxylation is 1. The fourth-order valence-electron chi connectivity index (χ4n) is 4.96. The molecule has 4 aromatic rings. The Balaban J connectivity index is 1.39. The Labute approximate surface area is 231 Å². The number of nitrogens with zero attached hydrogens (tertiary/aromatic N) is 2. The van der Waals surface area contributed by atoms with Crippen molar-refractivity contribution in [2.24, 2.45) is 0 Å². The quantitative estimate of drug-likeness (QED) is 0.241. The van der Waals surface area contributed by atoms with Gasteiger partial charge in [-0.25, -0.2) is 9.59 Å². The summed E-state index contributed by atoms with van der Waals surface area (Å²) in [5.41, 5.74) is 3.12. The predicted octanol–water partition coefficient (Wildman–Crippen LogP) is 4.69. The number of carboxylic acids is 1. The van der Waals surface area contributed by atoms with Crippen molar-refractivity contribution in [2.75, 3.05) is 23.8 Å². The number of benzene rings is 2. The van der Waals surface area contributed by atoms with E-state index in [1.807, 2.05) is 41.8 Å². The molecule has 5 rings (SSSR count). The van der Waals surface area contributed by atoms with Gasteiger partial charge < -0.3 is 30.4 Å². The third-order valence-corrected chi connectivity index (χ3v) is 6.97. The second-order valence-electron chi connectivity index (χ2n) is 9.60. The predicted molar refractivity (Wildman–Crippen MR) is 154 cm³/mol. The van der Waals surface area contributed by atoms with Gasteiger partial charge in [-0.1, -0.05) is 24.3 Å². The molecule has 0 bridgehead atoms. The van der Waals surface area contributed by atoms with E-state index in [4.69, 9.17) is 4.74 Å². The van der Waals surface area contributed by atoms with Crippen LogP contribution >= 0.6 is 0 Å². The van der Waals surface area contributed by atoms with Crippen LogP contribution < -0.4 is 21.4 Å². The van der Waals surface area contributed by atoms with Crippen molar-refractivity contribution in [2.45, 2.75) is 39.0 Å². The molecular weight excluding hydrogens is 510 g/mol. The molecule has 10 heteroatoms. The van der Waals surface area contributed by atoms with Gasteiger partial charge in [-0.15, -0.1) is 0 Å². The van der Waals surface area contributed by atoms with Gasteiger partial charge in [0.25, 0.3) is 0 Å². The van der Waals surface area contributed by atoms with Gasteiger partial charge in [0.15, 0.2) is 0 Å². The number of carbonyl (C=O) groups is 2. The van der Waals surface area contributed by atoms with E-state index in [1.165, 1.54) is 0 Å². The van der Waals surface area contributed by atoms with E-state index in [0.29, 0.717) is 42.8 Å². The highest BCUT2D eigenvalue weighted by atomic mass is 16.5. The molecule has 1 saturated heterocycles. The van der Waals surface area contributed by atoms with Crippen molar-refractivity contribution in [3.05, 3.63) is 88.3 Å². The number of amides is 2. The normalized spacial score (nSPS) is 14.7. The highest BCUT2D eigenvalue weighted by Crippen LogP contribution is 2.28. The topological polar surface area (TPSA) is 135 Å². The fourth-order valence-corrected chi connectivity index (χ4v) is 4.96. The summed E-state index contributed by atoms with van der Waals surface area (Å²) in [7, 11) is 0. The summed E-state index contributed by atoms with van der Waals surface area (Å²) in [5.74, 6) is -0.974. The summed E-state index contributed by atoms with van der Waals surface area (Å²) in [6.45, 7) is 3.85. The molecule has 206 valence electrons. The number of hydrogen-bond donors (Lipinski definition) is 4. The van der Waals surface area contributed by atoms with E-state index >= 15 is 0 Å². The van der Waals surface area contributed by atoms with Crippen molar-refractivity contribution in [3.63, 3.8) is 0 Å². The molecule has 0 aliphatic carbocycles. The van der Waals surface area contributed by atoms with E-state index in [0.717, 1.165) is 29.5 Å². The van der Waals surface area contributed by atoms with Crippen LogP contribution in [0.3, 0.4) is 0 Å². The minimum atomic E-state index is -1.26. The van der Waals surface area contributed by atoms with Crippen LogP contribution in [0.15, 0.2) is 71.8 Å². The van der Waals surface area contributed by atoms with E-state index in [9.17, 15) is 19.5 Å². The largest absolute Gasteiger partial charge is 0.477 e. The molecule has 1 atom stereocenters. The van der Waals surface area contributed by atoms with Crippen molar-refractivity contribution < 1.29 is 19.4 Å². The Morgan fingerprint density at radius 2 is 1.93 bits per heavy atom. The van der Waals surface area contributed by atoms with Gasteiger partial charge in [0.2, 0.25) is 5.43 Å². The van der Waals surface area contributed by atoms with Gasteiger partial charge in [-0.2, -0.15) is 0 Å². The second-order valence-corrected chi connectivity index (χ2v) is 9.60. The maximum atomic E-state index is 13.3. The molecule has 3 heterocycles. The van der Waals surface area contributed by atoms with E-state index < -0.39 is 11.4 Å². The molecule has 2 aromatic heterocycles. The molecule has 0 radical (unpaired) electrons. The van der Waals surface area contributed by atoms with Gasteiger partial charge in [-0.05, 0) is 66.8 Å². The van der Waals surface area contributed by atoms with Crippen molar-refractivity contribution >= 4 is 34.4 Å². The van der Waals surface area contributed by atoms with E-state index in [2.05, 4.69) is 20.9 Å². The number of hydrogen-bond acceptors (Lipinski definition) is 6. The number of ether oxygens (including phenoxy) is 1. The van der Waals surface area contributed by atoms with Crippen LogP contribution in [-0.4, -0.2) is 45.9 Å². The average molecular weight is 542 g/mol.